The van der Waals surface area contributed by atoms with E-state index in [9.17, 15) is 13.2 Å². The predicted molar refractivity (Wildman–Crippen MR) is 94.2 cm³/mol. The lowest BCUT2D eigenvalue weighted by Gasteiger charge is -2.28. The van der Waals surface area contributed by atoms with Crippen LogP contribution in [0.5, 0.6) is 0 Å². The Bertz CT molecular complexity index is 807. The minimum Gasteiger partial charge on any atom is -0.328 e. The molecule has 1 unspecified atom stereocenters. The second-order valence-electron chi connectivity index (χ2n) is 7.26. The third-order valence-electron chi connectivity index (χ3n) is 5.34. The molecule has 0 bridgehead atoms. The minimum atomic E-state index is -4.29. The van der Waals surface area contributed by atoms with Gasteiger partial charge >= 0.3 is 6.18 Å². The van der Waals surface area contributed by atoms with Crippen molar-refractivity contribution >= 4 is 11.6 Å². The van der Waals surface area contributed by atoms with E-state index in [4.69, 9.17) is 16.6 Å². The molecule has 0 amide bonds. The molecule has 1 N–H and O–H groups in total. The predicted octanol–water partition coefficient (Wildman–Crippen LogP) is 4.72. The number of hydrogen-bond acceptors (Lipinski definition) is 2. The van der Waals surface area contributed by atoms with Crippen LogP contribution in [0.1, 0.15) is 53.6 Å². The molecule has 1 saturated carbocycles. The largest absolute Gasteiger partial charge is 0.416 e. The van der Waals surface area contributed by atoms with Gasteiger partial charge in [0, 0.05) is 19.1 Å². The Morgan fingerprint density at radius 3 is 2.58 bits per heavy atom. The van der Waals surface area contributed by atoms with E-state index in [2.05, 4.69) is 9.88 Å². The summed E-state index contributed by atoms with van der Waals surface area (Å²) < 4.78 is 40.3. The highest BCUT2D eigenvalue weighted by molar-refractivity contribution is 6.25. The lowest BCUT2D eigenvalue weighted by atomic mass is 9.99. The molecule has 140 valence electrons. The summed E-state index contributed by atoms with van der Waals surface area (Å²) in [6.07, 6.45) is -0.833. The molecular formula is C19H21ClF3N3. The molecule has 3 nitrogen and oxygen atoms in total. The van der Waals surface area contributed by atoms with Crippen LogP contribution < -0.4 is 5.32 Å². The highest BCUT2D eigenvalue weighted by atomic mass is 35.5. The van der Waals surface area contributed by atoms with Gasteiger partial charge in [-0.25, -0.2) is 4.98 Å². The summed E-state index contributed by atoms with van der Waals surface area (Å²) in [5.41, 5.74) is 2.47. The normalized spacial score (nSPS) is 21.5. The van der Waals surface area contributed by atoms with Crippen molar-refractivity contribution in [3.8, 4) is 0 Å². The van der Waals surface area contributed by atoms with Crippen molar-refractivity contribution in [3.05, 3.63) is 52.6 Å². The lowest BCUT2D eigenvalue weighted by Crippen LogP contribution is -2.35. The maximum atomic E-state index is 12.7. The van der Waals surface area contributed by atoms with Gasteiger partial charge in [-0.05, 0) is 50.3 Å². The average Bonchev–Trinajstić information content (AvgIpc) is 3.25. The third-order valence-corrected chi connectivity index (χ3v) is 5.89. The van der Waals surface area contributed by atoms with Gasteiger partial charge in [-0.3, -0.25) is 0 Å². The van der Waals surface area contributed by atoms with Crippen LogP contribution in [0.25, 0.3) is 0 Å². The summed E-state index contributed by atoms with van der Waals surface area (Å²) in [7, 11) is 0. The van der Waals surface area contributed by atoms with Gasteiger partial charge in [-0.2, -0.15) is 13.2 Å². The van der Waals surface area contributed by atoms with Crippen molar-refractivity contribution < 1.29 is 13.2 Å². The highest BCUT2D eigenvalue weighted by Gasteiger charge is 2.47. The first-order valence-electron chi connectivity index (χ1n) is 8.94. The van der Waals surface area contributed by atoms with Gasteiger partial charge in [0.05, 0.1) is 17.0 Å². The number of aryl methyl sites for hydroxylation is 2. The van der Waals surface area contributed by atoms with Gasteiger partial charge in [0.25, 0.3) is 0 Å². The monoisotopic (exact) mass is 383 g/mol. The zero-order chi connectivity index (χ0) is 18.5. The average molecular weight is 384 g/mol. The number of fused-ring (bicyclic) bond motifs is 1. The molecule has 2 aliphatic rings. The van der Waals surface area contributed by atoms with E-state index >= 15 is 0 Å². The molecule has 1 aromatic heterocycles. The Hall–Kier alpha value is -1.53. The van der Waals surface area contributed by atoms with Crippen LogP contribution in [0.15, 0.2) is 24.3 Å². The van der Waals surface area contributed by atoms with Crippen molar-refractivity contribution in [1.29, 1.82) is 0 Å². The van der Waals surface area contributed by atoms with E-state index < -0.39 is 11.7 Å². The molecule has 0 spiro atoms. The minimum absolute atomic E-state index is 0.145. The Morgan fingerprint density at radius 2 is 1.96 bits per heavy atom. The van der Waals surface area contributed by atoms with Crippen molar-refractivity contribution in [2.75, 3.05) is 6.54 Å². The number of benzene rings is 1. The maximum Gasteiger partial charge on any atom is 0.416 e. The fourth-order valence-electron chi connectivity index (χ4n) is 3.79. The smallest absolute Gasteiger partial charge is 0.328 e. The number of rotatable bonds is 4. The van der Waals surface area contributed by atoms with Gasteiger partial charge in [0.1, 0.15) is 10.7 Å². The zero-order valence-corrected chi connectivity index (χ0v) is 15.3. The van der Waals surface area contributed by atoms with Crippen LogP contribution in [-0.2, 0) is 24.0 Å². The molecule has 0 saturated heterocycles. The fourth-order valence-corrected chi connectivity index (χ4v) is 4.02. The zero-order valence-electron chi connectivity index (χ0n) is 14.5. The van der Waals surface area contributed by atoms with E-state index in [1.165, 1.54) is 5.69 Å². The number of aromatic nitrogens is 2. The highest BCUT2D eigenvalue weighted by Crippen LogP contribution is 2.52. The van der Waals surface area contributed by atoms with Gasteiger partial charge in [0.15, 0.2) is 0 Å². The number of alkyl halides is 4. The molecule has 2 heterocycles. The van der Waals surface area contributed by atoms with E-state index in [1.54, 1.807) is 12.1 Å². The van der Waals surface area contributed by atoms with Gasteiger partial charge in [0.2, 0.25) is 0 Å². The molecule has 1 atom stereocenters. The van der Waals surface area contributed by atoms with Gasteiger partial charge in [-0.15, -0.1) is 11.6 Å². The Kier molecular flexibility index (Phi) is 4.31. The summed E-state index contributed by atoms with van der Waals surface area (Å²) in [6, 6.07) is 5.59. The molecule has 0 radical (unpaired) electrons. The number of hydrogen-bond donors (Lipinski definition) is 1. The summed E-state index contributed by atoms with van der Waals surface area (Å²) in [5.74, 6) is 0.979. The molecule has 26 heavy (non-hydrogen) atoms. The summed E-state index contributed by atoms with van der Waals surface area (Å²) in [4.78, 5) is 4.44. The molecule has 1 fully saturated rings. The molecule has 1 aliphatic heterocycles. The van der Waals surface area contributed by atoms with E-state index in [0.717, 1.165) is 61.6 Å². The van der Waals surface area contributed by atoms with Gasteiger partial charge < -0.3 is 9.88 Å². The van der Waals surface area contributed by atoms with Crippen LogP contribution in [-0.4, -0.2) is 16.1 Å². The van der Waals surface area contributed by atoms with Crippen LogP contribution in [0, 0.1) is 6.92 Å². The second kappa shape index (κ2) is 6.27. The summed E-state index contributed by atoms with van der Waals surface area (Å²) >= 11 is 6.60. The SMILES string of the molecule is Cc1nc(C2(Cl)CC2)n2c1C(CCc1ccc(C(F)(F)F)cc1)NCC2. The van der Waals surface area contributed by atoms with Gasteiger partial charge in [-0.1, -0.05) is 12.1 Å². The first-order valence-corrected chi connectivity index (χ1v) is 9.32. The number of nitrogens with zero attached hydrogens (tertiary/aromatic N) is 2. The molecule has 4 rings (SSSR count). The standard InChI is InChI=1S/C19H21ClF3N3/c1-12-16-15(7-4-13-2-5-14(6-3-13)19(21,22)23)24-10-11-26(16)17(25-12)18(20)8-9-18/h2-3,5-6,15,24H,4,7-11H2,1H3. The number of halogens is 4. The number of imidazole rings is 1. The number of nitrogens with one attached hydrogen (secondary N) is 1. The topological polar surface area (TPSA) is 29.9 Å². The second-order valence-corrected chi connectivity index (χ2v) is 7.99. The van der Waals surface area contributed by atoms with Crippen molar-refractivity contribution in [3.63, 3.8) is 0 Å². The first kappa shape index (κ1) is 17.9. The summed E-state index contributed by atoms with van der Waals surface area (Å²) in [5, 5.41) is 3.52. The Balaban J connectivity index is 1.50. The van der Waals surface area contributed by atoms with Crippen molar-refractivity contribution in [2.24, 2.45) is 0 Å². The Morgan fingerprint density at radius 1 is 1.27 bits per heavy atom. The third kappa shape index (κ3) is 3.25. The first-order chi connectivity index (χ1) is 12.3. The van der Waals surface area contributed by atoms with E-state index in [-0.39, 0.29) is 10.9 Å². The van der Waals surface area contributed by atoms with Crippen LogP contribution in [0.4, 0.5) is 13.2 Å². The van der Waals surface area contributed by atoms with Crippen LogP contribution in [0.3, 0.4) is 0 Å². The Labute approximate surface area is 155 Å². The van der Waals surface area contributed by atoms with Crippen LogP contribution >= 0.6 is 11.6 Å². The fraction of sp³-hybridized carbons (Fsp3) is 0.526. The van der Waals surface area contributed by atoms with Crippen molar-refractivity contribution in [1.82, 2.24) is 14.9 Å². The van der Waals surface area contributed by atoms with Crippen LogP contribution in [0.2, 0.25) is 0 Å². The molecule has 7 heteroatoms. The summed E-state index contributed by atoms with van der Waals surface area (Å²) in [6.45, 7) is 3.72. The van der Waals surface area contributed by atoms with E-state index in [0.29, 0.717) is 6.42 Å². The molecule has 1 aromatic carbocycles. The molecule has 1 aliphatic carbocycles. The van der Waals surface area contributed by atoms with Crippen molar-refractivity contribution in [2.45, 2.75) is 56.2 Å². The molecule has 2 aromatic rings. The van der Waals surface area contributed by atoms with E-state index in [1.807, 2.05) is 6.92 Å². The quantitative estimate of drug-likeness (QED) is 0.774. The molecular weight excluding hydrogens is 363 g/mol. The maximum absolute atomic E-state index is 12.7. The lowest BCUT2D eigenvalue weighted by molar-refractivity contribution is -0.137.